The SMILES string of the molecule is Cn1cc(C2CCN(C(=O)C3CCCC3)CC2)c2cc(NSC3CCCCC3)ccc21. The maximum absolute atomic E-state index is 12.8. The number of carbonyl (C=O) groups is 1. The molecule has 3 aliphatic rings. The summed E-state index contributed by atoms with van der Waals surface area (Å²) < 4.78 is 5.93. The van der Waals surface area contributed by atoms with E-state index in [4.69, 9.17) is 0 Å². The van der Waals surface area contributed by atoms with Crippen LogP contribution in [0.1, 0.15) is 82.1 Å². The van der Waals surface area contributed by atoms with E-state index in [2.05, 4.69) is 45.6 Å². The summed E-state index contributed by atoms with van der Waals surface area (Å²) in [4.78, 5) is 15.0. The van der Waals surface area contributed by atoms with E-state index in [0.717, 1.165) is 44.0 Å². The number of aryl methyl sites for hydroxylation is 1. The van der Waals surface area contributed by atoms with Crippen molar-refractivity contribution in [1.82, 2.24) is 9.47 Å². The monoisotopic (exact) mass is 439 g/mol. The summed E-state index contributed by atoms with van der Waals surface area (Å²) >= 11 is 1.92. The lowest BCUT2D eigenvalue weighted by atomic mass is 9.88. The number of anilines is 1. The zero-order chi connectivity index (χ0) is 21.2. The minimum atomic E-state index is 0.310. The number of aromatic nitrogens is 1. The van der Waals surface area contributed by atoms with E-state index in [1.165, 1.54) is 67.1 Å². The van der Waals surface area contributed by atoms with Crippen molar-refractivity contribution in [2.75, 3.05) is 17.8 Å². The molecule has 1 N–H and O–H groups in total. The Balaban J connectivity index is 1.26. The van der Waals surface area contributed by atoms with Crippen LogP contribution in [0.4, 0.5) is 5.69 Å². The van der Waals surface area contributed by atoms with Crippen LogP contribution in [0.3, 0.4) is 0 Å². The number of carbonyl (C=O) groups excluding carboxylic acids is 1. The number of nitrogens with one attached hydrogen (secondary N) is 1. The van der Waals surface area contributed by atoms with Gasteiger partial charge in [-0.2, -0.15) is 0 Å². The summed E-state index contributed by atoms with van der Waals surface area (Å²) in [6.07, 6.45) is 16.0. The molecule has 31 heavy (non-hydrogen) atoms. The van der Waals surface area contributed by atoms with Crippen LogP contribution in [-0.4, -0.2) is 33.7 Å². The Kier molecular flexibility index (Phi) is 6.49. The third-order valence-electron chi connectivity index (χ3n) is 7.87. The predicted octanol–water partition coefficient (Wildman–Crippen LogP) is 6.47. The highest BCUT2D eigenvalue weighted by molar-refractivity contribution is 8.01. The Hall–Kier alpha value is -1.62. The first-order valence-electron chi connectivity index (χ1n) is 12.5. The van der Waals surface area contributed by atoms with E-state index in [1.807, 2.05) is 11.9 Å². The maximum Gasteiger partial charge on any atom is 0.225 e. The Morgan fingerprint density at radius 1 is 0.968 bits per heavy atom. The number of nitrogens with zero attached hydrogens (tertiary/aromatic N) is 2. The topological polar surface area (TPSA) is 37.3 Å². The predicted molar refractivity (Wildman–Crippen MR) is 132 cm³/mol. The number of hydrogen-bond acceptors (Lipinski definition) is 3. The van der Waals surface area contributed by atoms with Gasteiger partial charge in [0.2, 0.25) is 5.91 Å². The summed E-state index contributed by atoms with van der Waals surface area (Å²) in [5, 5.41) is 2.14. The molecule has 0 unspecified atom stereocenters. The van der Waals surface area contributed by atoms with Crippen LogP contribution in [-0.2, 0) is 11.8 Å². The van der Waals surface area contributed by atoms with Gasteiger partial charge in [0.05, 0.1) is 0 Å². The zero-order valence-electron chi connectivity index (χ0n) is 18.9. The zero-order valence-corrected chi connectivity index (χ0v) is 19.8. The molecule has 5 rings (SSSR count). The van der Waals surface area contributed by atoms with Crippen molar-refractivity contribution in [3.05, 3.63) is 30.0 Å². The molecule has 168 valence electrons. The lowest BCUT2D eigenvalue weighted by Crippen LogP contribution is -2.40. The average Bonchev–Trinajstić information content (AvgIpc) is 3.47. The molecule has 2 aromatic rings. The molecular formula is C26H37N3OS. The van der Waals surface area contributed by atoms with Gasteiger partial charge in [-0.3, -0.25) is 4.79 Å². The van der Waals surface area contributed by atoms with Crippen molar-refractivity contribution in [2.24, 2.45) is 13.0 Å². The molecule has 5 heteroatoms. The molecule has 1 amide bonds. The van der Waals surface area contributed by atoms with E-state index >= 15 is 0 Å². The van der Waals surface area contributed by atoms with Gasteiger partial charge in [-0.25, -0.2) is 0 Å². The highest BCUT2D eigenvalue weighted by atomic mass is 32.2. The van der Waals surface area contributed by atoms with Crippen LogP contribution >= 0.6 is 11.9 Å². The molecule has 0 spiro atoms. The minimum Gasteiger partial charge on any atom is -0.350 e. The summed E-state index contributed by atoms with van der Waals surface area (Å²) in [6.45, 7) is 1.84. The Morgan fingerprint density at radius 3 is 2.42 bits per heavy atom. The maximum atomic E-state index is 12.8. The fraction of sp³-hybridized carbons (Fsp3) is 0.654. The molecule has 2 heterocycles. The second-order valence-corrected chi connectivity index (χ2v) is 11.1. The summed E-state index contributed by atoms with van der Waals surface area (Å²) in [5.41, 5.74) is 4.01. The average molecular weight is 440 g/mol. The van der Waals surface area contributed by atoms with Crippen molar-refractivity contribution in [2.45, 2.75) is 81.8 Å². The molecule has 1 aromatic carbocycles. The second kappa shape index (κ2) is 9.48. The third kappa shape index (κ3) is 4.62. The van der Waals surface area contributed by atoms with E-state index in [0.29, 0.717) is 17.7 Å². The van der Waals surface area contributed by atoms with Gasteiger partial charge in [-0.05, 0) is 80.2 Å². The smallest absolute Gasteiger partial charge is 0.225 e. The molecule has 3 fully saturated rings. The summed E-state index contributed by atoms with van der Waals surface area (Å²) in [5.74, 6) is 1.29. The van der Waals surface area contributed by atoms with E-state index < -0.39 is 0 Å². The van der Waals surface area contributed by atoms with Crippen LogP contribution in [0, 0.1) is 5.92 Å². The number of benzene rings is 1. The first kappa shape index (κ1) is 21.2. The van der Waals surface area contributed by atoms with Crippen LogP contribution in [0.15, 0.2) is 24.4 Å². The summed E-state index contributed by atoms with van der Waals surface area (Å²) in [6, 6.07) is 6.85. The third-order valence-corrected chi connectivity index (χ3v) is 9.03. The molecular weight excluding hydrogens is 402 g/mol. The van der Waals surface area contributed by atoms with Crippen molar-refractivity contribution >= 4 is 34.4 Å². The highest BCUT2D eigenvalue weighted by Crippen LogP contribution is 2.37. The lowest BCUT2D eigenvalue weighted by Gasteiger charge is -2.33. The number of hydrogen-bond donors (Lipinski definition) is 1. The minimum absolute atomic E-state index is 0.310. The van der Waals surface area contributed by atoms with Gasteiger partial charge in [0.1, 0.15) is 0 Å². The van der Waals surface area contributed by atoms with E-state index in [-0.39, 0.29) is 0 Å². The molecule has 0 radical (unpaired) electrons. The van der Waals surface area contributed by atoms with E-state index in [9.17, 15) is 4.79 Å². The van der Waals surface area contributed by atoms with E-state index in [1.54, 1.807) is 0 Å². The van der Waals surface area contributed by atoms with Gasteiger partial charge < -0.3 is 14.2 Å². The molecule has 2 saturated carbocycles. The van der Waals surface area contributed by atoms with Crippen molar-refractivity contribution in [1.29, 1.82) is 0 Å². The number of fused-ring (bicyclic) bond motifs is 1. The normalized spacial score (nSPS) is 21.8. The van der Waals surface area contributed by atoms with Crippen LogP contribution in [0.5, 0.6) is 0 Å². The van der Waals surface area contributed by atoms with Crippen LogP contribution in [0.2, 0.25) is 0 Å². The first-order chi connectivity index (χ1) is 15.2. The Labute approximate surface area is 191 Å². The van der Waals surface area contributed by atoms with Crippen molar-refractivity contribution in [3.63, 3.8) is 0 Å². The number of likely N-dealkylation sites (tertiary alicyclic amines) is 1. The quantitative estimate of drug-likeness (QED) is 0.543. The van der Waals surface area contributed by atoms with Crippen LogP contribution < -0.4 is 4.72 Å². The molecule has 1 aromatic heterocycles. The van der Waals surface area contributed by atoms with Gasteiger partial charge in [0, 0.05) is 54.1 Å². The summed E-state index contributed by atoms with van der Waals surface area (Å²) in [7, 11) is 2.16. The molecule has 4 nitrogen and oxygen atoms in total. The molecule has 2 aliphatic carbocycles. The molecule has 0 atom stereocenters. The van der Waals surface area contributed by atoms with Crippen LogP contribution in [0.25, 0.3) is 10.9 Å². The standard InChI is InChI=1S/C26H37N3OS/c1-28-18-24(19-13-15-29(16-14-19)26(30)20-7-5-6-8-20)23-17-21(11-12-25(23)28)27-31-22-9-3-2-4-10-22/h11-12,17-20,22,27H,2-10,13-16H2,1H3. The van der Waals surface area contributed by atoms with Gasteiger partial charge in [0.25, 0.3) is 0 Å². The van der Waals surface area contributed by atoms with Crippen molar-refractivity contribution < 1.29 is 4.79 Å². The Bertz CT molecular complexity index is 903. The fourth-order valence-electron chi connectivity index (χ4n) is 5.99. The molecule has 1 aliphatic heterocycles. The van der Waals surface area contributed by atoms with Gasteiger partial charge in [-0.1, -0.05) is 32.1 Å². The Morgan fingerprint density at radius 2 is 1.68 bits per heavy atom. The lowest BCUT2D eigenvalue weighted by molar-refractivity contribution is -0.136. The highest BCUT2D eigenvalue weighted by Gasteiger charge is 2.31. The molecule has 0 bridgehead atoms. The largest absolute Gasteiger partial charge is 0.350 e. The van der Waals surface area contributed by atoms with Gasteiger partial charge in [-0.15, -0.1) is 0 Å². The number of amides is 1. The molecule has 1 saturated heterocycles. The number of piperidine rings is 1. The fourth-order valence-corrected chi connectivity index (χ4v) is 6.99. The first-order valence-corrected chi connectivity index (χ1v) is 13.4. The van der Waals surface area contributed by atoms with Gasteiger partial charge >= 0.3 is 0 Å². The van der Waals surface area contributed by atoms with Crippen molar-refractivity contribution in [3.8, 4) is 0 Å². The second-order valence-electron chi connectivity index (χ2n) is 9.99. The number of rotatable bonds is 5. The van der Waals surface area contributed by atoms with Gasteiger partial charge in [0.15, 0.2) is 0 Å².